The number of amides is 2. The maximum absolute atomic E-state index is 12.6. The van der Waals surface area contributed by atoms with Crippen LogP contribution >= 0.6 is 0 Å². The lowest BCUT2D eigenvalue weighted by Gasteiger charge is -2.20. The molecule has 0 spiro atoms. The molecule has 2 amide bonds. The van der Waals surface area contributed by atoms with Gasteiger partial charge in [0.05, 0.1) is 20.1 Å². The van der Waals surface area contributed by atoms with Gasteiger partial charge in [-0.2, -0.15) is 0 Å². The summed E-state index contributed by atoms with van der Waals surface area (Å²) < 4.78 is 10.6. The van der Waals surface area contributed by atoms with Crippen LogP contribution in [0.4, 0.5) is 5.69 Å². The molecule has 3 rings (SSSR count). The van der Waals surface area contributed by atoms with Crippen molar-refractivity contribution < 1.29 is 19.1 Å². The summed E-state index contributed by atoms with van der Waals surface area (Å²) in [5.74, 6) is 0.941. The molecule has 1 heterocycles. The van der Waals surface area contributed by atoms with Gasteiger partial charge in [-0.15, -0.1) is 0 Å². The number of anilines is 1. The van der Waals surface area contributed by atoms with Gasteiger partial charge in [0.2, 0.25) is 11.8 Å². The molecule has 2 aromatic carbocycles. The monoisotopic (exact) mass is 396 g/mol. The number of carbonyl (C=O) groups excluding carboxylic acids is 2. The van der Waals surface area contributed by atoms with Crippen molar-refractivity contribution in [1.82, 2.24) is 5.32 Å². The van der Waals surface area contributed by atoms with Gasteiger partial charge in [0.1, 0.15) is 0 Å². The number of benzene rings is 2. The second-order valence-electron chi connectivity index (χ2n) is 7.35. The van der Waals surface area contributed by atoms with E-state index in [-0.39, 0.29) is 24.2 Å². The molecule has 1 aliphatic heterocycles. The Kier molecular flexibility index (Phi) is 6.42. The fourth-order valence-electron chi connectivity index (χ4n) is 3.65. The van der Waals surface area contributed by atoms with Crippen LogP contribution in [0.1, 0.15) is 23.1 Å². The number of ether oxygens (including phenoxy) is 2. The van der Waals surface area contributed by atoms with Gasteiger partial charge < -0.3 is 19.7 Å². The lowest BCUT2D eigenvalue weighted by atomic mass is 10.1. The van der Waals surface area contributed by atoms with E-state index in [2.05, 4.69) is 5.32 Å². The third kappa shape index (κ3) is 4.53. The first-order chi connectivity index (χ1) is 13.9. The van der Waals surface area contributed by atoms with E-state index in [1.54, 1.807) is 19.1 Å². The van der Waals surface area contributed by atoms with Crippen LogP contribution in [-0.4, -0.2) is 39.1 Å². The highest BCUT2D eigenvalue weighted by Gasteiger charge is 2.35. The summed E-state index contributed by atoms with van der Waals surface area (Å²) in [6.45, 7) is 4.96. The van der Waals surface area contributed by atoms with Crippen LogP contribution in [0.5, 0.6) is 11.5 Å². The SMILES string of the molecule is COc1ccc(CCNC(=O)C2CC(=O)N(c3cccc(C)c3C)C2)cc1OC. The van der Waals surface area contributed by atoms with Crippen LogP contribution in [0.3, 0.4) is 0 Å². The summed E-state index contributed by atoms with van der Waals surface area (Å²) in [4.78, 5) is 26.8. The van der Waals surface area contributed by atoms with Gasteiger partial charge in [0.15, 0.2) is 11.5 Å². The molecule has 2 aromatic rings. The largest absolute Gasteiger partial charge is 0.493 e. The highest BCUT2D eigenvalue weighted by atomic mass is 16.5. The number of hydrogen-bond donors (Lipinski definition) is 1. The van der Waals surface area contributed by atoms with Crippen LogP contribution in [0.15, 0.2) is 36.4 Å². The minimum Gasteiger partial charge on any atom is -0.493 e. The molecular weight excluding hydrogens is 368 g/mol. The molecule has 1 aliphatic rings. The fraction of sp³-hybridized carbons (Fsp3) is 0.391. The van der Waals surface area contributed by atoms with Crippen LogP contribution < -0.4 is 19.7 Å². The van der Waals surface area contributed by atoms with Crippen molar-refractivity contribution in [2.24, 2.45) is 5.92 Å². The van der Waals surface area contributed by atoms with E-state index in [1.165, 1.54) is 0 Å². The molecule has 1 unspecified atom stereocenters. The zero-order valence-electron chi connectivity index (χ0n) is 17.5. The molecule has 0 saturated carbocycles. The van der Waals surface area contributed by atoms with Crippen LogP contribution in [-0.2, 0) is 16.0 Å². The van der Waals surface area contributed by atoms with Gasteiger partial charge >= 0.3 is 0 Å². The zero-order chi connectivity index (χ0) is 21.0. The first-order valence-electron chi connectivity index (χ1n) is 9.79. The van der Waals surface area contributed by atoms with E-state index in [0.717, 1.165) is 22.4 Å². The molecule has 1 N–H and O–H groups in total. The fourth-order valence-corrected chi connectivity index (χ4v) is 3.65. The number of carbonyl (C=O) groups is 2. The van der Waals surface area contributed by atoms with Gasteiger partial charge in [-0.1, -0.05) is 18.2 Å². The first-order valence-corrected chi connectivity index (χ1v) is 9.79. The molecule has 29 heavy (non-hydrogen) atoms. The number of methoxy groups -OCH3 is 2. The molecule has 1 atom stereocenters. The Morgan fingerprint density at radius 1 is 1.14 bits per heavy atom. The molecule has 6 nitrogen and oxygen atoms in total. The Balaban J connectivity index is 1.57. The van der Waals surface area contributed by atoms with E-state index >= 15 is 0 Å². The van der Waals surface area contributed by atoms with Crippen molar-refractivity contribution >= 4 is 17.5 Å². The van der Waals surface area contributed by atoms with Crippen molar-refractivity contribution in [1.29, 1.82) is 0 Å². The van der Waals surface area contributed by atoms with Crippen LogP contribution in [0, 0.1) is 19.8 Å². The minimum atomic E-state index is -0.326. The second-order valence-corrected chi connectivity index (χ2v) is 7.35. The Morgan fingerprint density at radius 3 is 2.62 bits per heavy atom. The van der Waals surface area contributed by atoms with Gasteiger partial charge in [0, 0.05) is 25.2 Å². The molecule has 1 saturated heterocycles. The summed E-state index contributed by atoms with van der Waals surface area (Å²) in [7, 11) is 3.20. The Bertz CT molecular complexity index is 910. The van der Waals surface area contributed by atoms with Gasteiger partial charge in [-0.3, -0.25) is 9.59 Å². The number of nitrogens with one attached hydrogen (secondary N) is 1. The third-order valence-corrected chi connectivity index (χ3v) is 5.52. The zero-order valence-corrected chi connectivity index (χ0v) is 17.5. The number of aryl methyl sites for hydroxylation is 1. The van der Waals surface area contributed by atoms with E-state index in [4.69, 9.17) is 9.47 Å². The van der Waals surface area contributed by atoms with Crippen molar-refractivity contribution in [3.63, 3.8) is 0 Å². The van der Waals surface area contributed by atoms with Gasteiger partial charge in [0.25, 0.3) is 0 Å². The number of nitrogens with zero attached hydrogens (tertiary/aromatic N) is 1. The van der Waals surface area contributed by atoms with Gasteiger partial charge in [-0.05, 0) is 55.2 Å². The average molecular weight is 396 g/mol. The Morgan fingerprint density at radius 2 is 1.90 bits per heavy atom. The van der Waals surface area contributed by atoms with Crippen LogP contribution in [0.25, 0.3) is 0 Å². The van der Waals surface area contributed by atoms with E-state index in [0.29, 0.717) is 31.0 Å². The summed E-state index contributed by atoms with van der Waals surface area (Å²) in [5.41, 5.74) is 4.16. The Labute approximate surface area is 171 Å². The minimum absolute atomic E-state index is 0.00117. The standard InChI is InChI=1S/C23H28N2O4/c1-15-6-5-7-19(16(15)2)25-14-18(13-22(25)26)23(27)24-11-10-17-8-9-20(28-3)21(12-17)29-4/h5-9,12,18H,10-11,13-14H2,1-4H3,(H,24,27). The number of rotatable bonds is 7. The third-order valence-electron chi connectivity index (χ3n) is 5.52. The number of hydrogen-bond acceptors (Lipinski definition) is 4. The molecule has 0 aromatic heterocycles. The van der Waals surface area contributed by atoms with Crippen molar-refractivity contribution in [3.8, 4) is 11.5 Å². The summed E-state index contributed by atoms with van der Waals surface area (Å²) in [6.07, 6.45) is 0.920. The molecule has 0 aliphatic carbocycles. The highest BCUT2D eigenvalue weighted by molar-refractivity contribution is 6.00. The average Bonchev–Trinajstić information content (AvgIpc) is 3.11. The van der Waals surface area contributed by atoms with Crippen molar-refractivity contribution in [2.75, 3.05) is 32.2 Å². The topological polar surface area (TPSA) is 67.9 Å². The highest BCUT2D eigenvalue weighted by Crippen LogP contribution is 2.30. The lowest BCUT2D eigenvalue weighted by Crippen LogP contribution is -2.34. The van der Waals surface area contributed by atoms with E-state index in [9.17, 15) is 9.59 Å². The predicted octanol–water partition coefficient (Wildman–Crippen LogP) is 3.03. The van der Waals surface area contributed by atoms with E-state index in [1.807, 2.05) is 50.2 Å². The van der Waals surface area contributed by atoms with Gasteiger partial charge in [-0.25, -0.2) is 0 Å². The summed E-state index contributed by atoms with van der Waals surface area (Å²) in [6, 6.07) is 11.6. The quantitative estimate of drug-likeness (QED) is 0.781. The molecular formula is C23H28N2O4. The van der Waals surface area contributed by atoms with E-state index < -0.39 is 0 Å². The maximum atomic E-state index is 12.6. The molecule has 1 fully saturated rings. The summed E-state index contributed by atoms with van der Waals surface area (Å²) >= 11 is 0. The first kappa shape index (κ1) is 20.7. The molecule has 0 bridgehead atoms. The van der Waals surface area contributed by atoms with Crippen molar-refractivity contribution in [2.45, 2.75) is 26.7 Å². The maximum Gasteiger partial charge on any atom is 0.227 e. The normalized spacial score (nSPS) is 16.1. The lowest BCUT2D eigenvalue weighted by molar-refractivity contribution is -0.126. The Hall–Kier alpha value is -3.02. The molecule has 154 valence electrons. The smallest absolute Gasteiger partial charge is 0.227 e. The van der Waals surface area contributed by atoms with Crippen LogP contribution in [0.2, 0.25) is 0 Å². The van der Waals surface area contributed by atoms with Crippen molar-refractivity contribution in [3.05, 3.63) is 53.1 Å². The second kappa shape index (κ2) is 8.99. The predicted molar refractivity (Wildman–Crippen MR) is 113 cm³/mol. The summed E-state index contributed by atoms with van der Waals surface area (Å²) in [5, 5.41) is 2.97. The molecule has 6 heteroatoms. The molecule has 0 radical (unpaired) electrons.